The standard InChI is InChI=1S/C23H24Cl3N5O2/c1-16(5-8-22(26)29-27)28-23(32)31-11-9-30(10-12-31)15-17-3-2-4-18(13-17)33-19-6-7-20(24)21(25)14-19/h2-8,13-14H,1,9-12,15,27H2,(H,28,32)/b8-5-,29-22+. The number of piperazine rings is 1. The van der Waals surface area contributed by atoms with Gasteiger partial charge in [-0.1, -0.05) is 53.5 Å². The predicted molar refractivity (Wildman–Crippen MR) is 134 cm³/mol. The fraction of sp³-hybridized carbons (Fsp3) is 0.217. The van der Waals surface area contributed by atoms with Crippen LogP contribution >= 0.6 is 34.8 Å². The highest BCUT2D eigenvalue weighted by molar-refractivity contribution is 6.68. The molecule has 1 fully saturated rings. The lowest BCUT2D eigenvalue weighted by Gasteiger charge is -2.34. The van der Waals surface area contributed by atoms with Crippen LogP contribution in [0.5, 0.6) is 11.5 Å². The Kier molecular flexibility index (Phi) is 9.03. The van der Waals surface area contributed by atoms with Gasteiger partial charge >= 0.3 is 6.03 Å². The average Bonchev–Trinajstić information content (AvgIpc) is 2.80. The number of allylic oxidation sites excluding steroid dienone is 2. The number of hydrogen-bond acceptors (Lipinski definition) is 5. The molecule has 0 radical (unpaired) electrons. The summed E-state index contributed by atoms with van der Waals surface area (Å²) in [6, 6.07) is 12.8. The number of nitrogens with zero attached hydrogens (tertiary/aromatic N) is 3. The first-order valence-electron chi connectivity index (χ1n) is 10.1. The summed E-state index contributed by atoms with van der Waals surface area (Å²) in [5.74, 6) is 6.39. The molecule has 0 aliphatic carbocycles. The van der Waals surface area contributed by atoms with Gasteiger partial charge in [0.15, 0.2) is 0 Å². The number of benzene rings is 2. The number of halogens is 3. The topological polar surface area (TPSA) is 83.2 Å². The minimum atomic E-state index is -0.206. The zero-order valence-corrected chi connectivity index (χ0v) is 20.1. The maximum Gasteiger partial charge on any atom is 0.321 e. The third-order valence-electron chi connectivity index (χ3n) is 4.90. The largest absolute Gasteiger partial charge is 0.457 e. The van der Waals surface area contributed by atoms with Crippen LogP contribution in [0.3, 0.4) is 0 Å². The highest BCUT2D eigenvalue weighted by atomic mass is 35.5. The number of nitrogens with two attached hydrogens (primary N) is 1. The van der Waals surface area contributed by atoms with Crippen molar-refractivity contribution in [3.05, 3.63) is 82.5 Å². The van der Waals surface area contributed by atoms with Gasteiger partial charge in [-0.2, -0.15) is 5.10 Å². The van der Waals surface area contributed by atoms with E-state index in [2.05, 4.69) is 21.9 Å². The van der Waals surface area contributed by atoms with E-state index in [4.69, 9.17) is 45.4 Å². The molecule has 3 rings (SSSR count). The smallest absolute Gasteiger partial charge is 0.321 e. The molecule has 0 unspecified atom stereocenters. The van der Waals surface area contributed by atoms with E-state index in [-0.39, 0.29) is 11.2 Å². The summed E-state index contributed by atoms with van der Waals surface area (Å²) >= 11 is 17.7. The average molecular weight is 509 g/mol. The molecule has 10 heteroatoms. The molecule has 0 atom stereocenters. The van der Waals surface area contributed by atoms with E-state index in [1.165, 1.54) is 6.08 Å². The van der Waals surface area contributed by atoms with E-state index in [1.807, 2.05) is 24.3 Å². The van der Waals surface area contributed by atoms with Crippen LogP contribution in [-0.2, 0) is 6.54 Å². The van der Waals surface area contributed by atoms with Crippen molar-refractivity contribution in [3.8, 4) is 11.5 Å². The number of carbonyl (C=O) groups excluding carboxylic acids is 1. The SMILES string of the molecule is C=C(/C=C\C(Cl)=N/N)NC(=O)N1CCN(Cc2cccc(Oc3ccc(Cl)c(Cl)c3)c2)CC1. The Hall–Kier alpha value is -2.71. The summed E-state index contributed by atoms with van der Waals surface area (Å²) in [7, 11) is 0. The van der Waals surface area contributed by atoms with Crippen LogP contribution in [0.15, 0.2) is 72.0 Å². The first-order valence-corrected chi connectivity index (χ1v) is 11.3. The molecule has 7 nitrogen and oxygen atoms in total. The molecule has 2 aromatic carbocycles. The Morgan fingerprint density at radius 1 is 1.09 bits per heavy atom. The second kappa shape index (κ2) is 12.0. The summed E-state index contributed by atoms with van der Waals surface area (Å²) in [5.41, 5.74) is 1.52. The van der Waals surface area contributed by atoms with Crippen LogP contribution in [0.25, 0.3) is 0 Å². The number of rotatable bonds is 7. The van der Waals surface area contributed by atoms with E-state index in [9.17, 15) is 4.79 Å². The van der Waals surface area contributed by atoms with Crippen LogP contribution in [0.1, 0.15) is 5.56 Å². The molecule has 1 aliphatic rings. The highest BCUT2D eigenvalue weighted by Gasteiger charge is 2.21. The van der Waals surface area contributed by atoms with Gasteiger partial charge < -0.3 is 20.8 Å². The summed E-state index contributed by atoms with van der Waals surface area (Å²) in [5, 5.41) is 7.09. The van der Waals surface area contributed by atoms with Crippen molar-refractivity contribution in [1.29, 1.82) is 0 Å². The number of hydrazone groups is 1. The second-order valence-electron chi connectivity index (χ2n) is 7.33. The van der Waals surface area contributed by atoms with Crippen molar-refractivity contribution in [3.63, 3.8) is 0 Å². The molecule has 1 heterocycles. The normalized spacial score (nSPS) is 15.0. The molecular formula is C23H24Cl3N5O2. The monoisotopic (exact) mass is 507 g/mol. The van der Waals surface area contributed by atoms with Gasteiger partial charge in [0, 0.05) is 44.5 Å². The number of hydrogen-bond donors (Lipinski definition) is 2. The second-order valence-corrected chi connectivity index (χ2v) is 8.53. The van der Waals surface area contributed by atoms with Gasteiger partial charge in [0.1, 0.15) is 16.7 Å². The van der Waals surface area contributed by atoms with Gasteiger partial charge in [0.05, 0.1) is 10.0 Å². The molecule has 33 heavy (non-hydrogen) atoms. The lowest BCUT2D eigenvalue weighted by atomic mass is 10.2. The van der Waals surface area contributed by atoms with Crippen LogP contribution in [0, 0.1) is 0 Å². The zero-order chi connectivity index (χ0) is 23.8. The molecule has 0 bridgehead atoms. The minimum absolute atomic E-state index is 0.116. The van der Waals surface area contributed by atoms with Crippen molar-refractivity contribution in [1.82, 2.24) is 15.1 Å². The number of amides is 2. The molecular weight excluding hydrogens is 485 g/mol. The van der Waals surface area contributed by atoms with Gasteiger partial charge in [-0.05, 0) is 42.0 Å². The molecule has 0 spiro atoms. The zero-order valence-electron chi connectivity index (χ0n) is 17.8. The van der Waals surface area contributed by atoms with Crippen molar-refractivity contribution in [2.45, 2.75) is 6.54 Å². The van der Waals surface area contributed by atoms with Crippen LogP contribution in [-0.4, -0.2) is 47.2 Å². The molecule has 1 saturated heterocycles. The summed E-state index contributed by atoms with van der Waals surface area (Å²) in [6.07, 6.45) is 3.00. The Balaban J connectivity index is 1.49. The van der Waals surface area contributed by atoms with Crippen molar-refractivity contribution >= 4 is 46.0 Å². The van der Waals surface area contributed by atoms with Gasteiger partial charge in [0.2, 0.25) is 0 Å². The maximum absolute atomic E-state index is 12.4. The van der Waals surface area contributed by atoms with E-state index in [0.717, 1.165) is 30.9 Å². The molecule has 0 aromatic heterocycles. The van der Waals surface area contributed by atoms with Crippen molar-refractivity contribution < 1.29 is 9.53 Å². The Labute approximate surface area is 208 Å². The predicted octanol–water partition coefficient (Wildman–Crippen LogP) is 5.19. The third kappa shape index (κ3) is 7.68. The molecule has 174 valence electrons. The van der Waals surface area contributed by atoms with E-state index < -0.39 is 0 Å². The lowest BCUT2D eigenvalue weighted by molar-refractivity contribution is 0.137. The molecule has 2 amide bonds. The van der Waals surface area contributed by atoms with Crippen LogP contribution in [0.4, 0.5) is 4.79 Å². The molecule has 1 aliphatic heterocycles. The summed E-state index contributed by atoms with van der Waals surface area (Å²) < 4.78 is 5.91. The van der Waals surface area contributed by atoms with Crippen molar-refractivity contribution in [2.75, 3.05) is 26.2 Å². The fourth-order valence-corrected chi connectivity index (χ4v) is 3.57. The first-order chi connectivity index (χ1) is 15.8. The molecule has 2 aromatic rings. The third-order valence-corrected chi connectivity index (χ3v) is 5.87. The van der Waals surface area contributed by atoms with E-state index >= 15 is 0 Å². The Bertz CT molecular complexity index is 1070. The number of carbonyl (C=O) groups is 1. The van der Waals surface area contributed by atoms with Gasteiger partial charge in [0.25, 0.3) is 0 Å². The first kappa shape index (κ1) is 24.9. The van der Waals surface area contributed by atoms with E-state index in [1.54, 1.807) is 29.2 Å². The minimum Gasteiger partial charge on any atom is -0.457 e. The number of ether oxygens (including phenoxy) is 1. The number of urea groups is 1. The molecule has 3 N–H and O–H groups in total. The number of nitrogens with one attached hydrogen (secondary N) is 1. The van der Waals surface area contributed by atoms with Gasteiger partial charge in [-0.15, -0.1) is 0 Å². The van der Waals surface area contributed by atoms with Crippen LogP contribution in [0.2, 0.25) is 10.0 Å². The van der Waals surface area contributed by atoms with E-state index in [0.29, 0.717) is 34.6 Å². The Morgan fingerprint density at radius 2 is 1.82 bits per heavy atom. The molecule has 0 saturated carbocycles. The van der Waals surface area contributed by atoms with Crippen LogP contribution < -0.4 is 15.9 Å². The lowest BCUT2D eigenvalue weighted by Crippen LogP contribution is -2.51. The summed E-state index contributed by atoms with van der Waals surface area (Å²) in [4.78, 5) is 16.5. The maximum atomic E-state index is 12.4. The summed E-state index contributed by atoms with van der Waals surface area (Å²) in [6.45, 7) is 7.24. The fourth-order valence-electron chi connectivity index (χ4n) is 3.22. The Morgan fingerprint density at radius 3 is 2.52 bits per heavy atom. The van der Waals surface area contributed by atoms with Gasteiger partial charge in [-0.25, -0.2) is 4.79 Å². The van der Waals surface area contributed by atoms with Gasteiger partial charge in [-0.3, -0.25) is 4.90 Å². The highest BCUT2D eigenvalue weighted by Crippen LogP contribution is 2.29. The van der Waals surface area contributed by atoms with Crippen molar-refractivity contribution in [2.24, 2.45) is 10.9 Å². The quantitative estimate of drug-likeness (QED) is 0.233.